The highest BCUT2D eigenvalue weighted by atomic mass is 79.9. The predicted molar refractivity (Wildman–Crippen MR) is 68.9 cm³/mol. The molecule has 0 aliphatic rings. The van der Waals surface area contributed by atoms with Gasteiger partial charge in [0.2, 0.25) is 0 Å². The quantitative estimate of drug-likeness (QED) is 0.920. The van der Waals surface area contributed by atoms with Crippen LogP contribution >= 0.6 is 27.3 Å². The Morgan fingerprint density at radius 3 is 2.88 bits per heavy atom. The number of anilines is 1. The Morgan fingerprint density at radius 1 is 1.53 bits per heavy atom. The van der Waals surface area contributed by atoms with Gasteiger partial charge in [0.05, 0.1) is 4.47 Å². The van der Waals surface area contributed by atoms with Crippen LogP contribution in [0.4, 0.5) is 9.52 Å². The molecule has 17 heavy (non-hydrogen) atoms. The number of thiazole rings is 1. The summed E-state index contributed by atoms with van der Waals surface area (Å²) in [5.41, 5.74) is 0.263. The van der Waals surface area contributed by atoms with Crippen LogP contribution in [-0.4, -0.2) is 10.9 Å². The summed E-state index contributed by atoms with van der Waals surface area (Å²) >= 11 is 4.40. The van der Waals surface area contributed by atoms with E-state index in [4.69, 9.17) is 0 Å². The van der Waals surface area contributed by atoms with Gasteiger partial charge in [-0.3, -0.25) is 10.1 Å². The van der Waals surface area contributed by atoms with Gasteiger partial charge in [-0.25, -0.2) is 9.37 Å². The van der Waals surface area contributed by atoms with Gasteiger partial charge in [0.1, 0.15) is 5.82 Å². The summed E-state index contributed by atoms with van der Waals surface area (Å²) in [6.07, 6.45) is 1.67. The van der Waals surface area contributed by atoms with Crippen LogP contribution < -0.4 is 5.32 Å². The number of amides is 1. The Hall–Kier alpha value is -1.27. The zero-order valence-electron chi connectivity index (χ0n) is 8.83. The van der Waals surface area contributed by atoms with E-state index in [0.29, 0.717) is 9.60 Å². The molecule has 0 saturated heterocycles. The van der Waals surface area contributed by atoms with Gasteiger partial charge in [0.15, 0.2) is 5.13 Å². The van der Waals surface area contributed by atoms with Crippen LogP contribution in [0, 0.1) is 12.7 Å². The molecule has 0 unspecified atom stereocenters. The number of aryl methyl sites for hydroxylation is 1. The van der Waals surface area contributed by atoms with Gasteiger partial charge < -0.3 is 0 Å². The molecule has 0 fully saturated rings. The van der Waals surface area contributed by atoms with Crippen LogP contribution in [0.1, 0.15) is 15.2 Å². The van der Waals surface area contributed by atoms with Gasteiger partial charge in [0.25, 0.3) is 5.91 Å². The van der Waals surface area contributed by atoms with E-state index in [0.717, 1.165) is 4.88 Å². The Bertz CT molecular complexity index is 570. The van der Waals surface area contributed by atoms with Crippen molar-refractivity contribution in [1.29, 1.82) is 0 Å². The second kappa shape index (κ2) is 4.93. The van der Waals surface area contributed by atoms with Gasteiger partial charge in [-0.2, -0.15) is 0 Å². The van der Waals surface area contributed by atoms with E-state index in [-0.39, 0.29) is 11.5 Å². The molecule has 1 aromatic heterocycles. The SMILES string of the molecule is Cc1cnc(NC(=O)c2ccc(Br)c(F)c2)s1. The maximum Gasteiger partial charge on any atom is 0.257 e. The molecule has 1 N–H and O–H groups in total. The lowest BCUT2D eigenvalue weighted by molar-refractivity contribution is 0.102. The molecular formula is C11H8BrFN2OS. The van der Waals surface area contributed by atoms with Crippen molar-refractivity contribution in [1.82, 2.24) is 4.98 Å². The molecule has 2 aromatic rings. The normalized spacial score (nSPS) is 10.3. The minimum atomic E-state index is -0.465. The highest BCUT2D eigenvalue weighted by molar-refractivity contribution is 9.10. The summed E-state index contributed by atoms with van der Waals surface area (Å²) in [4.78, 5) is 16.8. The summed E-state index contributed by atoms with van der Waals surface area (Å²) < 4.78 is 13.6. The molecule has 0 atom stereocenters. The third-order valence-electron chi connectivity index (χ3n) is 2.02. The van der Waals surface area contributed by atoms with E-state index in [1.54, 1.807) is 12.3 Å². The highest BCUT2D eigenvalue weighted by Crippen LogP contribution is 2.19. The van der Waals surface area contributed by atoms with Crippen molar-refractivity contribution in [2.75, 3.05) is 5.32 Å². The maximum atomic E-state index is 13.2. The molecule has 0 spiro atoms. The van der Waals surface area contributed by atoms with Crippen molar-refractivity contribution in [3.05, 3.63) is 45.1 Å². The van der Waals surface area contributed by atoms with E-state index in [1.807, 2.05) is 6.92 Å². The van der Waals surface area contributed by atoms with Crippen molar-refractivity contribution in [3.8, 4) is 0 Å². The monoisotopic (exact) mass is 314 g/mol. The van der Waals surface area contributed by atoms with Gasteiger partial charge in [0, 0.05) is 16.6 Å². The number of carbonyl (C=O) groups excluding carboxylic acids is 1. The fourth-order valence-corrected chi connectivity index (χ4v) is 2.13. The Morgan fingerprint density at radius 2 is 2.29 bits per heavy atom. The molecule has 6 heteroatoms. The van der Waals surface area contributed by atoms with Crippen molar-refractivity contribution in [2.24, 2.45) is 0 Å². The smallest absolute Gasteiger partial charge is 0.257 e. The first-order valence-corrected chi connectivity index (χ1v) is 6.36. The fraction of sp³-hybridized carbons (Fsp3) is 0.0909. The van der Waals surface area contributed by atoms with Crippen molar-refractivity contribution < 1.29 is 9.18 Å². The molecule has 88 valence electrons. The van der Waals surface area contributed by atoms with E-state index in [2.05, 4.69) is 26.2 Å². The maximum absolute atomic E-state index is 13.2. The summed E-state index contributed by atoms with van der Waals surface area (Å²) in [6, 6.07) is 4.22. The van der Waals surface area contributed by atoms with Gasteiger partial charge in [-0.1, -0.05) is 0 Å². The van der Waals surface area contributed by atoms with E-state index in [1.165, 1.54) is 23.5 Å². The van der Waals surface area contributed by atoms with Crippen molar-refractivity contribution in [3.63, 3.8) is 0 Å². The Labute approximate surface area is 110 Å². The van der Waals surface area contributed by atoms with Crippen LogP contribution in [0.3, 0.4) is 0 Å². The summed E-state index contributed by atoms with van der Waals surface area (Å²) in [5.74, 6) is -0.835. The molecule has 0 aliphatic heterocycles. The largest absolute Gasteiger partial charge is 0.298 e. The number of benzene rings is 1. The second-order valence-electron chi connectivity index (χ2n) is 3.36. The minimum absolute atomic E-state index is 0.263. The van der Waals surface area contributed by atoms with Gasteiger partial charge >= 0.3 is 0 Å². The average molecular weight is 315 g/mol. The van der Waals surface area contributed by atoms with Crippen LogP contribution in [0.25, 0.3) is 0 Å². The molecule has 0 bridgehead atoms. The Kier molecular flexibility index (Phi) is 3.54. The van der Waals surface area contributed by atoms with E-state index < -0.39 is 5.82 Å². The van der Waals surface area contributed by atoms with E-state index in [9.17, 15) is 9.18 Å². The molecule has 0 aliphatic carbocycles. The number of nitrogens with zero attached hydrogens (tertiary/aromatic N) is 1. The van der Waals surface area contributed by atoms with Crippen molar-refractivity contribution in [2.45, 2.75) is 6.92 Å². The average Bonchev–Trinajstić information content (AvgIpc) is 2.68. The lowest BCUT2D eigenvalue weighted by Gasteiger charge is -2.02. The summed E-state index contributed by atoms with van der Waals surface area (Å²) in [6.45, 7) is 1.90. The lowest BCUT2D eigenvalue weighted by atomic mass is 10.2. The molecule has 1 heterocycles. The van der Waals surface area contributed by atoms with Gasteiger partial charge in [-0.05, 0) is 41.1 Å². The molecule has 1 aromatic carbocycles. The van der Waals surface area contributed by atoms with Gasteiger partial charge in [-0.15, -0.1) is 11.3 Å². The third-order valence-corrected chi connectivity index (χ3v) is 3.49. The number of aromatic nitrogens is 1. The zero-order chi connectivity index (χ0) is 12.4. The number of halogens is 2. The zero-order valence-corrected chi connectivity index (χ0v) is 11.2. The molecule has 1 amide bonds. The number of carbonyl (C=O) groups is 1. The molecule has 3 nitrogen and oxygen atoms in total. The number of nitrogens with one attached hydrogen (secondary N) is 1. The van der Waals surface area contributed by atoms with Crippen LogP contribution in [-0.2, 0) is 0 Å². The van der Waals surface area contributed by atoms with Crippen LogP contribution in [0.15, 0.2) is 28.9 Å². The Balaban J connectivity index is 2.17. The van der Waals surface area contributed by atoms with Crippen molar-refractivity contribution >= 4 is 38.3 Å². The van der Waals surface area contributed by atoms with E-state index >= 15 is 0 Å². The first-order valence-electron chi connectivity index (χ1n) is 4.75. The standard InChI is InChI=1S/C11H8BrFN2OS/c1-6-5-14-11(17-6)15-10(16)7-2-3-8(12)9(13)4-7/h2-5H,1H3,(H,14,15,16). The molecule has 0 saturated carbocycles. The second-order valence-corrected chi connectivity index (χ2v) is 5.45. The highest BCUT2D eigenvalue weighted by Gasteiger charge is 2.10. The summed E-state index contributed by atoms with van der Waals surface area (Å²) in [7, 11) is 0. The van der Waals surface area contributed by atoms with Crippen LogP contribution in [0.2, 0.25) is 0 Å². The number of hydrogen-bond acceptors (Lipinski definition) is 3. The first-order chi connectivity index (χ1) is 8.06. The minimum Gasteiger partial charge on any atom is -0.298 e. The third kappa shape index (κ3) is 2.89. The first kappa shape index (κ1) is 12.2. The number of rotatable bonds is 2. The lowest BCUT2D eigenvalue weighted by Crippen LogP contribution is -2.11. The summed E-state index contributed by atoms with van der Waals surface area (Å²) in [5, 5.41) is 3.12. The molecule has 2 rings (SSSR count). The predicted octanol–water partition coefficient (Wildman–Crippen LogP) is 3.61. The number of hydrogen-bond donors (Lipinski definition) is 1. The van der Waals surface area contributed by atoms with Crippen LogP contribution in [0.5, 0.6) is 0 Å². The molecular weight excluding hydrogens is 307 g/mol. The fourth-order valence-electron chi connectivity index (χ4n) is 1.22. The molecule has 0 radical (unpaired) electrons. The topological polar surface area (TPSA) is 42.0 Å².